The number of nitrogens with one attached hydrogen (secondary N) is 1. The van der Waals surface area contributed by atoms with Crippen molar-refractivity contribution in [1.29, 1.82) is 0 Å². The third kappa shape index (κ3) is 17.9. The number of β-amino-alcohol motifs (C(OH)–C–C–N with tert-alkyl or cyclic N) is 1. The van der Waals surface area contributed by atoms with E-state index in [1.54, 1.807) is 0 Å². The molecule has 0 aromatic heterocycles. The first-order chi connectivity index (χ1) is 17.1. The van der Waals surface area contributed by atoms with E-state index in [9.17, 15) is 14.7 Å². The molecule has 1 aliphatic heterocycles. The second-order valence-electron chi connectivity index (χ2n) is 10.4. The molecule has 0 bridgehead atoms. The van der Waals surface area contributed by atoms with Gasteiger partial charge in [-0.05, 0) is 38.5 Å². The van der Waals surface area contributed by atoms with Crippen LogP contribution in [0.25, 0.3) is 0 Å². The number of ether oxygens (including phenoxy) is 2. The van der Waals surface area contributed by atoms with Gasteiger partial charge in [0.25, 0.3) is 0 Å². The van der Waals surface area contributed by atoms with Crippen molar-refractivity contribution in [2.45, 2.75) is 161 Å². The van der Waals surface area contributed by atoms with Crippen LogP contribution in [0.4, 0.5) is 0 Å². The van der Waals surface area contributed by atoms with Crippen LogP contribution in [0.15, 0.2) is 0 Å². The summed E-state index contributed by atoms with van der Waals surface area (Å²) < 4.78 is 11.2. The molecule has 2 N–H and O–H groups in total. The molecule has 0 spiro atoms. The summed E-state index contributed by atoms with van der Waals surface area (Å²) in [5.41, 5.74) is 0. The predicted molar refractivity (Wildman–Crippen MR) is 142 cm³/mol. The van der Waals surface area contributed by atoms with E-state index in [1.807, 2.05) is 0 Å². The Morgan fingerprint density at radius 2 is 1.34 bits per heavy atom. The lowest BCUT2D eigenvalue weighted by molar-refractivity contribution is -0.150. The zero-order valence-corrected chi connectivity index (χ0v) is 22.9. The molecule has 6 nitrogen and oxygen atoms in total. The second-order valence-corrected chi connectivity index (χ2v) is 10.4. The van der Waals surface area contributed by atoms with Gasteiger partial charge in [0, 0.05) is 19.4 Å². The minimum absolute atomic E-state index is 0.0516. The fraction of sp³-hybridized carbons (Fsp3) is 0.931. The van der Waals surface area contributed by atoms with E-state index in [4.69, 9.17) is 9.47 Å². The van der Waals surface area contributed by atoms with E-state index in [1.165, 1.54) is 64.2 Å². The highest BCUT2D eigenvalue weighted by molar-refractivity contribution is 5.76. The van der Waals surface area contributed by atoms with E-state index in [2.05, 4.69) is 19.2 Å². The molecule has 6 heteroatoms. The first kappa shape index (κ1) is 31.9. The van der Waals surface area contributed by atoms with E-state index < -0.39 is 6.10 Å². The molecule has 1 fully saturated rings. The summed E-state index contributed by atoms with van der Waals surface area (Å²) in [4.78, 5) is 24.3. The highest BCUT2D eigenvalue weighted by atomic mass is 16.5. The molecule has 206 valence electrons. The maximum absolute atomic E-state index is 12.4. The molecule has 1 saturated heterocycles. The normalized spacial score (nSPS) is 17.7. The van der Waals surface area contributed by atoms with E-state index in [0.717, 1.165) is 51.4 Å². The Balaban J connectivity index is 2.14. The number of carbonyl (C=O) groups is 2. The summed E-state index contributed by atoms with van der Waals surface area (Å²) in [6.45, 7) is 5.34. The molecule has 0 amide bonds. The molecular formula is C29H55NO5. The van der Waals surface area contributed by atoms with Gasteiger partial charge < -0.3 is 19.9 Å². The van der Waals surface area contributed by atoms with Crippen LogP contribution in [0.5, 0.6) is 0 Å². The van der Waals surface area contributed by atoms with Crippen molar-refractivity contribution >= 4 is 11.9 Å². The molecule has 0 saturated carbocycles. The first-order valence-electron chi connectivity index (χ1n) is 14.8. The van der Waals surface area contributed by atoms with E-state index in [-0.39, 0.29) is 24.1 Å². The van der Waals surface area contributed by atoms with Crippen LogP contribution in [0, 0.1) is 0 Å². The van der Waals surface area contributed by atoms with Crippen LogP contribution < -0.4 is 5.32 Å². The first-order valence-corrected chi connectivity index (χ1v) is 14.8. The number of esters is 2. The van der Waals surface area contributed by atoms with Gasteiger partial charge in [0.05, 0.1) is 12.7 Å². The van der Waals surface area contributed by atoms with Gasteiger partial charge in [-0.3, -0.25) is 9.59 Å². The molecule has 0 aromatic rings. The molecule has 0 radical (unpaired) electrons. The van der Waals surface area contributed by atoms with Crippen LogP contribution in [0.3, 0.4) is 0 Å². The van der Waals surface area contributed by atoms with Crippen LogP contribution in [-0.2, 0) is 19.1 Å². The Morgan fingerprint density at radius 1 is 0.800 bits per heavy atom. The minimum atomic E-state index is -0.455. The maximum Gasteiger partial charge on any atom is 0.323 e. The standard InChI is InChI=1S/C29H55NO5/c1-3-5-7-9-11-15-19-26(20-16-12-10-8-6-4-2)35-28(32)21-17-13-14-18-22-34-29(33)27-23-25(31)24-30-27/h25-27,30-31H,3-24H2,1-2H3/t25?,27-/m0/s1. The lowest BCUT2D eigenvalue weighted by Gasteiger charge is -2.18. The van der Waals surface area contributed by atoms with Gasteiger partial charge in [-0.25, -0.2) is 0 Å². The van der Waals surface area contributed by atoms with Crippen LogP contribution in [0.1, 0.15) is 142 Å². The van der Waals surface area contributed by atoms with E-state index in [0.29, 0.717) is 26.0 Å². The third-order valence-electron chi connectivity index (χ3n) is 6.97. The van der Waals surface area contributed by atoms with Crippen molar-refractivity contribution in [1.82, 2.24) is 5.32 Å². The maximum atomic E-state index is 12.4. The monoisotopic (exact) mass is 497 g/mol. The Bertz CT molecular complexity index is 511. The minimum Gasteiger partial charge on any atom is -0.465 e. The number of hydrogen-bond donors (Lipinski definition) is 2. The zero-order valence-electron chi connectivity index (χ0n) is 22.9. The summed E-state index contributed by atoms with van der Waals surface area (Å²) in [5.74, 6) is -0.323. The molecule has 0 aromatic carbocycles. The average molecular weight is 498 g/mol. The quantitative estimate of drug-likeness (QED) is 0.122. The summed E-state index contributed by atoms with van der Waals surface area (Å²) in [7, 11) is 0. The SMILES string of the molecule is CCCCCCCCC(CCCCCCCC)OC(=O)CCCCCCOC(=O)[C@@H]1CC(O)CN1. The molecule has 1 aliphatic rings. The van der Waals surface area contributed by atoms with Gasteiger partial charge in [-0.15, -0.1) is 0 Å². The zero-order chi connectivity index (χ0) is 25.6. The van der Waals surface area contributed by atoms with Crippen molar-refractivity contribution < 1.29 is 24.2 Å². The summed E-state index contributed by atoms with van der Waals surface area (Å²) in [6.07, 6.45) is 21.2. The number of aliphatic hydroxyl groups is 1. The van der Waals surface area contributed by atoms with Crippen molar-refractivity contribution in [2.24, 2.45) is 0 Å². The van der Waals surface area contributed by atoms with Crippen LogP contribution in [0.2, 0.25) is 0 Å². The Morgan fingerprint density at radius 3 is 1.91 bits per heavy atom. The number of carbonyl (C=O) groups excluding carboxylic acids is 2. The van der Waals surface area contributed by atoms with Gasteiger partial charge in [-0.2, -0.15) is 0 Å². The molecular weight excluding hydrogens is 442 g/mol. The Kier molecular flexibility index (Phi) is 20.1. The number of unbranched alkanes of at least 4 members (excludes halogenated alkanes) is 13. The summed E-state index contributed by atoms with van der Waals surface area (Å²) >= 11 is 0. The molecule has 35 heavy (non-hydrogen) atoms. The van der Waals surface area contributed by atoms with Gasteiger partial charge in [-0.1, -0.05) is 90.9 Å². The van der Waals surface area contributed by atoms with Gasteiger partial charge in [0.15, 0.2) is 0 Å². The highest BCUT2D eigenvalue weighted by Gasteiger charge is 2.29. The lowest BCUT2D eigenvalue weighted by Crippen LogP contribution is -2.32. The molecule has 2 atom stereocenters. The Hall–Kier alpha value is -1.14. The number of hydrogen-bond acceptors (Lipinski definition) is 6. The lowest BCUT2D eigenvalue weighted by atomic mass is 10.0. The Labute approximate surface area is 215 Å². The van der Waals surface area contributed by atoms with Crippen molar-refractivity contribution in [3.8, 4) is 0 Å². The van der Waals surface area contributed by atoms with Gasteiger partial charge in [0.2, 0.25) is 0 Å². The smallest absolute Gasteiger partial charge is 0.323 e. The molecule has 1 rings (SSSR count). The highest BCUT2D eigenvalue weighted by Crippen LogP contribution is 2.18. The van der Waals surface area contributed by atoms with Crippen LogP contribution in [-0.4, -0.2) is 48.4 Å². The topological polar surface area (TPSA) is 84.9 Å². The molecule has 1 heterocycles. The summed E-state index contributed by atoms with van der Waals surface area (Å²) in [6, 6.07) is -0.375. The van der Waals surface area contributed by atoms with Crippen molar-refractivity contribution in [2.75, 3.05) is 13.2 Å². The predicted octanol–water partition coefficient (Wildman–Crippen LogP) is 6.62. The molecule has 1 unspecified atom stereocenters. The third-order valence-corrected chi connectivity index (χ3v) is 6.97. The van der Waals surface area contributed by atoms with Crippen molar-refractivity contribution in [3.05, 3.63) is 0 Å². The number of aliphatic hydroxyl groups excluding tert-OH is 1. The molecule has 0 aliphatic carbocycles. The van der Waals surface area contributed by atoms with Crippen molar-refractivity contribution in [3.63, 3.8) is 0 Å². The summed E-state index contributed by atoms with van der Waals surface area (Å²) in [5, 5.41) is 12.4. The average Bonchev–Trinajstić information content (AvgIpc) is 3.28. The fourth-order valence-corrected chi connectivity index (χ4v) is 4.71. The largest absolute Gasteiger partial charge is 0.465 e. The van der Waals surface area contributed by atoms with Crippen LogP contribution >= 0.6 is 0 Å². The fourth-order valence-electron chi connectivity index (χ4n) is 4.71. The number of rotatable bonds is 23. The van der Waals surface area contributed by atoms with Gasteiger partial charge in [0.1, 0.15) is 12.1 Å². The second kappa shape index (κ2) is 22.1. The van der Waals surface area contributed by atoms with Gasteiger partial charge >= 0.3 is 11.9 Å². The van der Waals surface area contributed by atoms with E-state index >= 15 is 0 Å².